The number of hydrogen-bond acceptors (Lipinski definition) is 3. The molecule has 0 aliphatic heterocycles. The maximum Gasteiger partial charge on any atom is 0.319 e. The van der Waals surface area contributed by atoms with Gasteiger partial charge in [-0.25, -0.2) is 4.79 Å². The van der Waals surface area contributed by atoms with E-state index in [4.69, 9.17) is 5.11 Å². The lowest BCUT2D eigenvalue weighted by Crippen LogP contribution is -2.34. The Balaban J connectivity index is 2.53. The molecule has 126 valence electrons. The SMILES string of the molecule is CC(C)NC(=O)Nc1ccc(C(=O)NC(C)CCC(=O)O)cc1. The van der Waals surface area contributed by atoms with Crippen molar-refractivity contribution in [2.75, 3.05) is 5.32 Å². The third kappa shape index (κ3) is 7.30. The Bertz CT molecular complexity index is 555. The summed E-state index contributed by atoms with van der Waals surface area (Å²) in [6.07, 6.45) is 0.380. The second-order valence-corrected chi connectivity index (χ2v) is 5.64. The van der Waals surface area contributed by atoms with Crippen LogP contribution < -0.4 is 16.0 Å². The fourth-order valence-electron chi connectivity index (χ4n) is 1.85. The number of urea groups is 1. The molecule has 1 unspecified atom stereocenters. The third-order valence-electron chi connectivity index (χ3n) is 2.99. The van der Waals surface area contributed by atoms with Gasteiger partial charge in [-0.05, 0) is 51.5 Å². The van der Waals surface area contributed by atoms with Gasteiger partial charge in [0.15, 0.2) is 0 Å². The van der Waals surface area contributed by atoms with Crippen molar-refractivity contribution >= 4 is 23.6 Å². The van der Waals surface area contributed by atoms with Crippen molar-refractivity contribution in [3.63, 3.8) is 0 Å². The van der Waals surface area contributed by atoms with Gasteiger partial charge in [0.2, 0.25) is 0 Å². The van der Waals surface area contributed by atoms with Crippen LogP contribution in [0.25, 0.3) is 0 Å². The van der Waals surface area contributed by atoms with E-state index in [1.54, 1.807) is 31.2 Å². The molecule has 0 heterocycles. The molecule has 23 heavy (non-hydrogen) atoms. The topological polar surface area (TPSA) is 108 Å². The Morgan fingerprint density at radius 2 is 1.65 bits per heavy atom. The Labute approximate surface area is 135 Å². The van der Waals surface area contributed by atoms with Crippen molar-refractivity contribution in [2.45, 2.75) is 45.7 Å². The van der Waals surface area contributed by atoms with Gasteiger partial charge in [-0.3, -0.25) is 9.59 Å². The highest BCUT2D eigenvalue weighted by Gasteiger charge is 2.11. The molecule has 7 nitrogen and oxygen atoms in total. The van der Waals surface area contributed by atoms with Crippen LogP contribution in [0, 0.1) is 0 Å². The molecule has 0 saturated heterocycles. The summed E-state index contributed by atoms with van der Waals surface area (Å²) in [4.78, 5) is 34.1. The van der Waals surface area contributed by atoms with Gasteiger partial charge in [0.1, 0.15) is 0 Å². The first-order valence-electron chi connectivity index (χ1n) is 7.48. The summed E-state index contributed by atoms with van der Waals surface area (Å²) in [7, 11) is 0. The monoisotopic (exact) mass is 321 g/mol. The molecule has 0 saturated carbocycles. The number of nitrogens with one attached hydrogen (secondary N) is 3. The number of anilines is 1. The first-order valence-corrected chi connectivity index (χ1v) is 7.48. The van der Waals surface area contributed by atoms with Crippen LogP contribution in [0.15, 0.2) is 24.3 Å². The van der Waals surface area contributed by atoms with Gasteiger partial charge >= 0.3 is 12.0 Å². The van der Waals surface area contributed by atoms with Crippen LogP contribution in [0.5, 0.6) is 0 Å². The van der Waals surface area contributed by atoms with Gasteiger partial charge in [0.25, 0.3) is 5.91 Å². The largest absolute Gasteiger partial charge is 0.481 e. The summed E-state index contributed by atoms with van der Waals surface area (Å²) < 4.78 is 0. The van der Waals surface area contributed by atoms with E-state index >= 15 is 0 Å². The quantitative estimate of drug-likeness (QED) is 0.617. The van der Waals surface area contributed by atoms with E-state index < -0.39 is 5.97 Å². The Morgan fingerprint density at radius 3 is 2.17 bits per heavy atom. The Morgan fingerprint density at radius 1 is 1.04 bits per heavy atom. The zero-order valence-corrected chi connectivity index (χ0v) is 13.6. The second kappa shape index (κ2) is 8.77. The van der Waals surface area contributed by atoms with Crippen molar-refractivity contribution in [3.8, 4) is 0 Å². The summed E-state index contributed by atoms with van der Waals surface area (Å²) in [5.41, 5.74) is 1.03. The molecule has 0 radical (unpaired) electrons. The van der Waals surface area contributed by atoms with E-state index in [0.29, 0.717) is 17.7 Å². The molecule has 1 aromatic carbocycles. The molecule has 0 fully saturated rings. The molecule has 0 aromatic heterocycles. The molecule has 7 heteroatoms. The average molecular weight is 321 g/mol. The molecule has 0 aliphatic carbocycles. The standard InChI is InChI=1S/C16H23N3O4/c1-10(2)17-16(23)19-13-7-5-12(6-8-13)15(22)18-11(3)4-9-14(20)21/h5-8,10-11H,4,9H2,1-3H3,(H,18,22)(H,20,21)(H2,17,19,23). The minimum Gasteiger partial charge on any atom is -0.481 e. The van der Waals surface area contributed by atoms with Crippen LogP contribution in [0.4, 0.5) is 10.5 Å². The van der Waals surface area contributed by atoms with Crippen molar-refractivity contribution in [1.82, 2.24) is 10.6 Å². The van der Waals surface area contributed by atoms with Crippen molar-refractivity contribution in [3.05, 3.63) is 29.8 Å². The molecule has 1 atom stereocenters. The van der Waals surface area contributed by atoms with E-state index in [9.17, 15) is 14.4 Å². The van der Waals surface area contributed by atoms with Crippen LogP contribution in [0.1, 0.15) is 44.0 Å². The first kappa shape index (κ1) is 18.5. The zero-order chi connectivity index (χ0) is 17.4. The number of carboxylic acid groups (broad SMARTS) is 1. The highest BCUT2D eigenvalue weighted by Crippen LogP contribution is 2.10. The smallest absolute Gasteiger partial charge is 0.319 e. The van der Waals surface area contributed by atoms with Gasteiger partial charge < -0.3 is 21.1 Å². The lowest BCUT2D eigenvalue weighted by Gasteiger charge is -2.13. The molecule has 0 bridgehead atoms. The molecule has 0 aliphatic rings. The summed E-state index contributed by atoms with van der Waals surface area (Å²) in [6.45, 7) is 5.48. The fraction of sp³-hybridized carbons (Fsp3) is 0.438. The Hall–Kier alpha value is -2.57. The van der Waals surface area contributed by atoms with Crippen LogP contribution in [0.2, 0.25) is 0 Å². The predicted octanol–water partition coefficient (Wildman–Crippen LogP) is 2.20. The van der Waals surface area contributed by atoms with Gasteiger partial charge in [-0.1, -0.05) is 0 Å². The number of carbonyl (C=O) groups excluding carboxylic acids is 2. The third-order valence-corrected chi connectivity index (χ3v) is 2.99. The molecule has 3 amide bonds. The van der Waals surface area contributed by atoms with Gasteiger partial charge in [0.05, 0.1) is 0 Å². The number of rotatable bonds is 7. The highest BCUT2D eigenvalue weighted by atomic mass is 16.4. The fourth-order valence-corrected chi connectivity index (χ4v) is 1.85. The molecular formula is C16H23N3O4. The van der Waals surface area contributed by atoms with Crippen LogP contribution >= 0.6 is 0 Å². The molecule has 1 aromatic rings. The van der Waals surface area contributed by atoms with Crippen molar-refractivity contribution in [2.24, 2.45) is 0 Å². The van der Waals surface area contributed by atoms with Crippen LogP contribution in [-0.2, 0) is 4.79 Å². The second-order valence-electron chi connectivity index (χ2n) is 5.64. The summed E-state index contributed by atoms with van der Waals surface area (Å²) in [5, 5.41) is 16.7. The van der Waals surface area contributed by atoms with Gasteiger partial charge in [-0.15, -0.1) is 0 Å². The Kier molecular flexibility index (Phi) is 7.05. The number of carbonyl (C=O) groups is 3. The minimum atomic E-state index is -0.888. The normalized spacial score (nSPS) is 11.7. The average Bonchev–Trinajstić information content (AvgIpc) is 2.44. The number of carboxylic acids is 1. The van der Waals surface area contributed by atoms with E-state index in [1.165, 1.54) is 0 Å². The van der Waals surface area contributed by atoms with Gasteiger partial charge in [0, 0.05) is 29.8 Å². The molecule has 0 spiro atoms. The van der Waals surface area contributed by atoms with E-state index in [1.807, 2.05) is 13.8 Å². The first-order chi connectivity index (χ1) is 10.8. The zero-order valence-electron chi connectivity index (χ0n) is 13.6. The summed E-state index contributed by atoms with van der Waals surface area (Å²) in [6, 6.07) is 5.97. The number of hydrogen-bond donors (Lipinski definition) is 4. The van der Waals surface area contributed by atoms with Crippen molar-refractivity contribution < 1.29 is 19.5 Å². The lowest BCUT2D eigenvalue weighted by atomic mass is 10.1. The van der Waals surface area contributed by atoms with Crippen LogP contribution in [0.3, 0.4) is 0 Å². The summed E-state index contributed by atoms with van der Waals surface area (Å²) in [5.74, 6) is -1.16. The van der Waals surface area contributed by atoms with E-state index in [2.05, 4.69) is 16.0 Å². The minimum absolute atomic E-state index is 0.00919. The van der Waals surface area contributed by atoms with E-state index in [0.717, 1.165) is 0 Å². The lowest BCUT2D eigenvalue weighted by molar-refractivity contribution is -0.137. The predicted molar refractivity (Wildman–Crippen MR) is 87.5 cm³/mol. The number of aliphatic carboxylic acids is 1. The highest BCUT2D eigenvalue weighted by molar-refractivity contribution is 5.95. The van der Waals surface area contributed by atoms with Crippen LogP contribution in [-0.4, -0.2) is 35.1 Å². The van der Waals surface area contributed by atoms with Gasteiger partial charge in [-0.2, -0.15) is 0 Å². The molecule has 4 N–H and O–H groups in total. The van der Waals surface area contributed by atoms with Crippen molar-refractivity contribution in [1.29, 1.82) is 0 Å². The van der Waals surface area contributed by atoms with E-state index in [-0.39, 0.29) is 30.4 Å². The maximum atomic E-state index is 12.0. The number of benzene rings is 1. The number of amides is 3. The maximum absolute atomic E-state index is 12.0. The summed E-state index contributed by atoms with van der Waals surface area (Å²) >= 11 is 0. The molecular weight excluding hydrogens is 298 g/mol. The molecule has 1 rings (SSSR count).